The molecule has 1 fully saturated rings. The van der Waals surface area contributed by atoms with Gasteiger partial charge in [-0.1, -0.05) is 6.92 Å². The minimum Gasteiger partial charge on any atom is -0.429 e. The minimum atomic E-state index is 0. The SMILES string of the molecule is CCCN1CCOCC1.O[B]O. The fraction of sp³-hybridized carbons (Fsp3) is 1.00. The number of hydrogen-bond acceptors (Lipinski definition) is 4. The van der Waals surface area contributed by atoms with Crippen LogP contribution in [0.3, 0.4) is 0 Å². The molecule has 0 spiro atoms. The van der Waals surface area contributed by atoms with E-state index in [1.165, 1.54) is 13.0 Å². The lowest BCUT2D eigenvalue weighted by atomic mass is 10.4. The fourth-order valence-corrected chi connectivity index (χ4v) is 1.14. The van der Waals surface area contributed by atoms with Crippen LogP contribution in [-0.4, -0.2) is 55.5 Å². The molecular formula is C7H17BNO3. The molecule has 2 N–H and O–H groups in total. The van der Waals surface area contributed by atoms with Crippen LogP contribution in [0, 0.1) is 0 Å². The molecule has 0 aromatic carbocycles. The van der Waals surface area contributed by atoms with E-state index in [1.807, 2.05) is 0 Å². The summed E-state index contributed by atoms with van der Waals surface area (Å²) in [6, 6.07) is 0. The van der Waals surface area contributed by atoms with Gasteiger partial charge in [0.15, 0.2) is 0 Å². The first-order valence-electron chi connectivity index (χ1n) is 4.25. The highest BCUT2D eigenvalue weighted by molar-refractivity contribution is 6.13. The normalized spacial score (nSPS) is 17.9. The fourth-order valence-electron chi connectivity index (χ4n) is 1.14. The Morgan fingerprint density at radius 2 is 1.83 bits per heavy atom. The van der Waals surface area contributed by atoms with Gasteiger partial charge in [0.1, 0.15) is 0 Å². The Labute approximate surface area is 74.4 Å². The van der Waals surface area contributed by atoms with Crippen molar-refractivity contribution in [2.75, 3.05) is 32.8 Å². The second kappa shape index (κ2) is 9.00. The summed E-state index contributed by atoms with van der Waals surface area (Å²) in [4.78, 5) is 2.45. The van der Waals surface area contributed by atoms with Crippen LogP contribution in [0.1, 0.15) is 13.3 Å². The molecule has 1 radical (unpaired) electrons. The highest BCUT2D eigenvalue weighted by Gasteiger charge is 2.07. The molecule has 0 unspecified atom stereocenters. The van der Waals surface area contributed by atoms with Crippen molar-refractivity contribution in [1.29, 1.82) is 0 Å². The Hall–Kier alpha value is -0.0951. The Morgan fingerprint density at radius 3 is 2.25 bits per heavy atom. The van der Waals surface area contributed by atoms with E-state index in [1.54, 1.807) is 0 Å². The van der Waals surface area contributed by atoms with Crippen LogP contribution in [0.25, 0.3) is 0 Å². The molecule has 1 rings (SSSR count). The maximum atomic E-state index is 7.00. The number of morpholine rings is 1. The van der Waals surface area contributed by atoms with Crippen LogP contribution < -0.4 is 0 Å². The third kappa shape index (κ3) is 6.60. The molecule has 0 atom stereocenters. The largest absolute Gasteiger partial charge is 0.482 e. The Morgan fingerprint density at radius 1 is 1.33 bits per heavy atom. The van der Waals surface area contributed by atoms with E-state index in [2.05, 4.69) is 11.8 Å². The van der Waals surface area contributed by atoms with E-state index in [0.717, 1.165) is 26.3 Å². The molecule has 0 aromatic rings. The molecule has 1 heterocycles. The molecular weight excluding hydrogens is 157 g/mol. The molecule has 0 aliphatic carbocycles. The number of nitrogens with zero attached hydrogens (tertiary/aromatic N) is 1. The van der Waals surface area contributed by atoms with Gasteiger partial charge in [-0.15, -0.1) is 0 Å². The van der Waals surface area contributed by atoms with Crippen LogP contribution in [0.4, 0.5) is 0 Å². The third-order valence-electron chi connectivity index (χ3n) is 1.64. The van der Waals surface area contributed by atoms with E-state index < -0.39 is 0 Å². The summed E-state index contributed by atoms with van der Waals surface area (Å²) < 4.78 is 5.20. The lowest BCUT2D eigenvalue weighted by Crippen LogP contribution is -2.36. The molecule has 71 valence electrons. The van der Waals surface area contributed by atoms with E-state index >= 15 is 0 Å². The summed E-state index contributed by atoms with van der Waals surface area (Å²) in [5, 5.41) is 14.0. The molecule has 4 nitrogen and oxygen atoms in total. The van der Waals surface area contributed by atoms with Crippen molar-refractivity contribution in [2.24, 2.45) is 0 Å². The van der Waals surface area contributed by atoms with Crippen molar-refractivity contribution < 1.29 is 14.8 Å². The summed E-state index contributed by atoms with van der Waals surface area (Å²) in [5.74, 6) is 0. The molecule has 0 aromatic heterocycles. The van der Waals surface area contributed by atoms with Crippen molar-refractivity contribution in [2.45, 2.75) is 13.3 Å². The molecule has 1 saturated heterocycles. The zero-order chi connectivity index (χ0) is 9.23. The first-order valence-corrected chi connectivity index (χ1v) is 4.25. The van der Waals surface area contributed by atoms with E-state index in [-0.39, 0.29) is 7.69 Å². The molecule has 0 saturated carbocycles. The van der Waals surface area contributed by atoms with Gasteiger partial charge in [0, 0.05) is 13.1 Å². The van der Waals surface area contributed by atoms with E-state index in [9.17, 15) is 0 Å². The Kier molecular flexibility index (Phi) is 8.93. The van der Waals surface area contributed by atoms with Gasteiger partial charge in [0.2, 0.25) is 0 Å². The van der Waals surface area contributed by atoms with Crippen LogP contribution in [0.15, 0.2) is 0 Å². The van der Waals surface area contributed by atoms with Gasteiger partial charge in [-0.2, -0.15) is 0 Å². The first kappa shape index (κ1) is 11.9. The first-order chi connectivity index (χ1) is 5.85. The molecule has 1 aliphatic rings. The third-order valence-corrected chi connectivity index (χ3v) is 1.64. The van der Waals surface area contributed by atoms with Crippen molar-refractivity contribution in [3.8, 4) is 0 Å². The van der Waals surface area contributed by atoms with Crippen molar-refractivity contribution in [3.63, 3.8) is 0 Å². The summed E-state index contributed by atoms with van der Waals surface area (Å²) in [5.41, 5.74) is 0. The zero-order valence-corrected chi connectivity index (χ0v) is 7.57. The lowest BCUT2D eigenvalue weighted by molar-refractivity contribution is 0.0380. The molecule has 5 heteroatoms. The van der Waals surface area contributed by atoms with Gasteiger partial charge in [-0.3, -0.25) is 4.90 Å². The average Bonchev–Trinajstić information content (AvgIpc) is 2.08. The van der Waals surface area contributed by atoms with Crippen molar-refractivity contribution in [1.82, 2.24) is 4.90 Å². The van der Waals surface area contributed by atoms with Gasteiger partial charge < -0.3 is 14.8 Å². The van der Waals surface area contributed by atoms with Gasteiger partial charge in [-0.25, -0.2) is 0 Å². The van der Waals surface area contributed by atoms with Crippen LogP contribution in [0.2, 0.25) is 0 Å². The number of rotatable bonds is 2. The second-order valence-corrected chi connectivity index (χ2v) is 2.57. The summed E-state index contributed by atoms with van der Waals surface area (Å²) in [6.45, 7) is 7.58. The zero-order valence-electron chi connectivity index (χ0n) is 7.57. The molecule has 1 aliphatic heterocycles. The van der Waals surface area contributed by atoms with E-state index in [4.69, 9.17) is 14.8 Å². The quantitative estimate of drug-likeness (QED) is 0.540. The summed E-state index contributed by atoms with van der Waals surface area (Å²) >= 11 is 0. The highest BCUT2D eigenvalue weighted by Crippen LogP contribution is 1.96. The molecule has 0 bridgehead atoms. The lowest BCUT2D eigenvalue weighted by Gasteiger charge is -2.25. The van der Waals surface area contributed by atoms with Gasteiger partial charge in [0.25, 0.3) is 0 Å². The second-order valence-electron chi connectivity index (χ2n) is 2.57. The van der Waals surface area contributed by atoms with Gasteiger partial charge in [0.05, 0.1) is 13.2 Å². The maximum Gasteiger partial charge on any atom is 0.482 e. The van der Waals surface area contributed by atoms with Crippen molar-refractivity contribution in [3.05, 3.63) is 0 Å². The highest BCUT2D eigenvalue weighted by atomic mass is 16.5. The van der Waals surface area contributed by atoms with E-state index in [0.29, 0.717) is 0 Å². The predicted molar refractivity (Wildman–Crippen MR) is 47.7 cm³/mol. The smallest absolute Gasteiger partial charge is 0.429 e. The number of hydrogen-bond donors (Lipinski definition) is 2. The van der Waals surface area contributed by atoms with Gasteiger partial charge in [-0.05, 0) is 13.0 Å². The average molecular weight is 174 g/mol. The van der Waals surface area contributed by atoms with Crippen LogP contribution in [-0.2, 0) is 4.74 Å². The maximum absolute atomic E-state index is 7.00. The van der Waals surface area contributed by atoms with Crippen LogP contribution >= 0.6 is 0 Å². The Bertz CT molecular complexity index is 86.0. The van der Waals surface area contributed by atoms with Gasteiger partial charge >= 0.3 is 7.69 Å². The Balaban J connectivity index is 0.000000354. The number of ether oxygens (including phenoxy) is 1. The summed E-state index contributed by atoms with van der Waals surface area (Å²) in [6.07, 6.45) is 1.26. The monoisotopic (exact) mass is 174 g/mol. The predicted octanol–water partition coefficient (Wildman–Crippen LogP) is -0.766. The van der Waals surface area contributed by atoms with Crippen LogP contribution in [0.5, 0.6) is 0 Å². The standard InChI is InChI=1S/C7H15NO.BH2O2/c1-2-3-8-4-6-9-7-5-8;2-1-3/h2-7H2,1H3;2-3H. The van der Waals surface area contributed by atoms with Crippen molar-refractivity contribution >= 4 is 7.69 Å². The molecule has 12 heavy (non-hydrogen) atoms. The summed E-state index contributed by atoms with van der Waals surface area (Å²) in [7, 11) is 0. The minimum absolute atomic E-state index is 0. The topological polar surface area (TPSA) is 52.9 Å². The molecule has 0 amide bonds.